The molecule has 1 N–H and O–H groups in total. The fraction of sp³-hybridized carbons (Fsp3) is 0.333. The molecule has 18 heavy (non-hydrogen) atoms. The fourth-order valence-electron chi connectivity index (χ4n) is 1.24. The number of carbonyl (C=O) groups is 1. The van der Waals surface area contributed by atoms with Gasteiger partial charge in [-0.15, -0.1) is 13.2 Å². The van der Waals surface area contributed by atoms with Crippen LogP contribution in [-0.4, -0.2) is 22.4 Å². The lowest BCUT2D eigenvalue weighted by atomic mass is 10.1. The summed E-state index contributed by atoms with van der Waals surface area (Å²) < 4.78 is 64.5. The third-order valence-electron chi connectivity index (χ3n) is 1.79. The molecule has 0 radical (unpaired) electrons. The van der Waals surface area contributed by atoms with Gasteiger partial charge in [0.15, 0.2) is 0 Å². The second-order valence-electron chi connectivity index (χ2n) is 3.18. The maximum atomic E-state index is 12.5. The van der Waals surface area contributed by atoms with Crippen LogP contribution in [0.15, 0.2) is 6.07 Å². The molecule has 0 saturated carbocycles. The minimum absolute atomic E-state index is 0.213. The topological polar surface area (TPSA) is 59.4 Å². The lowest BCUT2D eigenvalue weighted by Gasteiger charge is -2.14. The van der Waals surface area contributed by atoms with Gasteiger partial charge in [0, 0.05) is 11.8 Å². The predicted molar refractivity (Wildman–Crippen MR) is 47.6 cm³/mol. The summed E-state index contributed by atoms with van der Waals surface area (Å²) in [6.07, 6.45) is -8.51. The average molecular weight is 271 g/mol. The SMILES string of the molecule is Cc1cc(OC(F)(F)F)c(C(=O)O)c(C(F)F)n1. The largest absolute Gasteiger partial charge is 0.573 e. The molecular weight excluding hydrogens is 265 g/mol. The number of aromatic carboxylic acids is 1. The highest BCUT2D eigenvalue weighted by atomic mass is 19.4. The Hall–Kier alpha value is -1.93. The Kier molecular flexibility index (Phi) is 3.73. The third kappa shape index (κ3) is 3.28. The highest BCUT2D eigenvalue weighted by Gasteiger charge is 2.35. The Balaban J connectivity index is 3.44. The Morgan fingerprint density at radius 2 is 2.00 bits per heavy atom. The summed E-state index contributed by atoms with van der Waals surface area (Å²) >= 11 is 0. The number of nitrogens with zero attached hydrogens (tertiary/aromatic N) is 1. The highest BCUT2D eigenvalue weighted by molar-refractivity contribution is 5.92. The van der Waals surface area contributed by atoms with Crippen molar-refractivity contribution in [3.05, 3.63) is 23.0 Å². The molecule has 0 aromatic carbocycles. The van der Waals surface area contributed by atoms with Gasteiger partial charge in [0.05, 0.1) is 0 Å². The molecule has 0 fully saturated rings. The number of aromatic nitrogens is 1. The minimum Gasteiger partial charge on any atom is -0.477 e. The molecule has 4 nitrogen and oxygen atoms in total. The van der Waals surface area contributed by atoms with Gasteiger partial charge in [-0.3, -0.25) is 4.98 Å². The second-order valence-corrected chi connectivity index (χ2v) is 3.18. The molecule has 0 atom stereocenters. The van der Waals surface area contributed by atoms with E-state index in [9.17, 15) is 26.7 Å². The molecule has 9 heteroatoms. The number of hydrogen-bond donors (Lipinski definition) is 1. The maximum absolute atomic E-state index is 12.5. The number of rotatable bonds is 3. The van der Waals surface area contributed by atoms with Gasteiger partial charge in [-0.05, 0) is 6.92 Å². The summed E-state index contributed by atoms with van der Waals surface area (Å²) in [7, 11) is 0. The van der Waals surface area contributed by atoms with Crippen molar-refractivity contribution in [2.75, 3.05) is 0 Å². The zero-order valence-corrected chi connectivity index (χ0v) is 8.76. The first-order valence-electron chi connectivity index (χ1n) is 4.40. The van der Waals surface area contributed by atoms with Crippen LogP contribution in [0.5, 0.6) is 5.75 Å². The van der Waals surface area contributed by atoms with Crippen molar-refractivity contribution in [1.82, 2.24) is 4.98 Å². The zero-order chi connectivity index (χ0) is 14.1. The molecule has 1 heterocycles. The quantitative estimate of drug-likeness (QED) is 0.859. The smallest absolute Gasteiger partial charge is 0.477 e. The number of hydrogen-bond acceptors (Lipinski definition) is 3. The summed E-state index contributed by atoms with van der Waals surface area (Å²) in [4.78, 5) is 13.9. The van der Waals surface area contributed by atoms with E-state index in [2.05, 4.69) is 9.72 Å². The number of carboxylic acids is 1. The first kappa shape index (κ1) is 14.1. The molecule has 1 rings (SSSR count). The minimum atomic E-state index is -5.18. The molecule has 0 unspecified atom stereocenters. The Morgan fingerprint density at radius 1 is 1.44 bits per heavy atom. The number of pyridine rings is 1. The summed E-state index contributed by atoms with van der Waals surface area (Å²) in [5.74, 6) is -3.19. The number of aryl methyl sites for hydroxylation is 1. The Morgan fingerprint density at radius 3 is 2.39 bits per heavy atom. The summed E-state index contributed by atoms with van der Waals surface area (Å²) in [6.45, 7) is 1.14. The number of halogens is 5. The van der Waals surface area contributed by atoms with Crippen molar-refractivity contribution in [3.63, 3.8) is 0 Å². The third-order valence-corrected chi connectivity index (χ3v) is 1.79. The number of carboxylic acid groups (broad SMARTS) is 1. The van der Waals surface area contributed by atoms with Gasteiger partial charge in [0.25, 0.3) is 6.43 Å². The first-order chi connectivity index (χ1) is 8.11. The predicted octanol–water partition coefficient (Wildman–Crippen LogP) is 2.92. The van der Waals surface area contributed by atoms with Crippen LogP contribution in [0.2, 0.25) is 0 Å². The van der Waals surface area contributed by atoms with Crippen LogP contribution < -0.4 is 4.74 Å². The number of alkyl halides is 5. The van der Waals surface area contributed by atoms with E-state index in [1.807, 2.05) is 0 Å². The van der Waals surface area contributed by atoms with E-state index in [1.54, 1.807) is 0 Å². The van der Waals surface area contributed by atoms with E-state index in [4.69, 9.17) is 5.11 Å². The average Bonchev–Trinajstić information content (AvgIpc) is 2.12. The molecule has 0 aliphatic carbocycles. The molecule has 1 aromatic heterocycles. The summed E-state index contributed by atoms with van der Waals surface area (Å²) in [5, 5.41) is 8.66. The van der Waals surface area contributed by atoms with Crippen molar-refractivity contribution in [1.29, 1.82) is 0 Å². The van der Waals surface area contributed by atoms with Crippen LogP contribution in [0.3, 0.4) is 0 Å². The van der Waals surface area contributed by atoms with Gasteiger partial charge < -0.3 is 9.84 Å². The van der Waals surface area contributed by atoms with E-state index in [0.717, 1.165) is 6.92 Å². The molecule has 0 saturated heterocycles. The highest BCUT2D eigenvalue weighted by Crippen LogP contribution is 2.32. The zero-order valence-electron chi connectivity index (χ0n) is 8.76. The van der Waals surface area contributed by atoms with Crippen molar-refractivity contribution >= 4 is 5.97 Å². The van der Waals surface area contributed by atoms with E-state index < -0.39 is 35.8 Å². The Labute approximate surface area is 97.0 Å². The molecule has 0 bridgehead atoms. The van der Waals surface area contributed by atoms with Crippen molar-refractivity contribution in [3.8, 4) is 5.75 Å². The monoisotopic (exact) mass is 271 g/mol. The van der Waals surface area contributed by atoms with Crippen LogP contribution in [0.1, 0.15) is 28.2 Å². The molecule has 0 aliphatic heterocycles. The van der Waals surface area contributed by atoms with Crippen molar-refractivity contribution < 1.29 is 36.6 Å². The second kappa shape index (κ2) is 4.75. The standard InChI is InChI=1S/C9H6F5NO3/c1-3-2-4(18-9(12,13)14)5(8(16)17)6(15-3)7(10)11/h2,7H,1H3,(H,16,17). The van der Waals surface area contributed by atoms with Gasteiger partial charge in [0.2, 0.25) is 0 Å². The molecule has 1 aromatic rings. The van der Waals surface area contributed by atoms with Gasteiger partial charge in [-0.1, -0.05) is 0 Å². The van der Waals surface area contributed by atoms with Gasteiger partial charge >= 0.3 is 12.3 Å². The lowest BCUT2D eigenvalue weighted by Crippen LogP contribution is -2.20. The summed E-state index contributed by atoms with van der Waals surface area (Å²) in [5.41, 5.74) is -2.77. The summed E-state index contributed by atoms with van der Waals surface area (Å²) in [6, 6.07) is 0.628. The van der Waals surface area contributed by atoms with Crippen LogP contribution in [0.25, 0.3) is 0 Å². The molecule has 100 valence electrons. The fourth-order valence-corrected chi connectivity index (χ4v) is 1.24. The molecule has 0 spiro atoms. The lowest BCUT2D eigenvalue weighted by molar-refractivity contribution is -0.274. The van der Waals surface area contributed by atoms with Crippen LogP contribution in [0, 0.1) is 6.92 Å². The van der Waals surface area contributed by atoms with Crippen LogP contribution >= 0.6 is 0 Å². The molecule has 0 aliphatic rings. The molecular formula is C9H6F5NO3. The Bertz CT molecular complexity index is 472. The number of ether oxygens (including phenoxy) is 1. The van der Waals surface area contributed by atoms with Gasteiger partial charge in [0.1, 0.15) is 17.0 Å². The van der Waals surface area contributed by atoms with Crippen molar-refractivity contribution in [2.24, 2.45) is 0 Å². The van der Waals surface area contributed by atoms with Gasteiger partial charge in [-0.2, -0.15) is 0 Å². The first-order valence-corrected chi connectivity index (χ1v) is 4.40. The van der Waals surface area contributed by atoms with E-state index in [0.29, 0.717) is 6.07 Å². The van der Waals surface area contributed by atoms with Crippen molar-refractivity contribution in [2.45, 2.75) is 19.7 Å². The van der Waals surface area contributed by atoms with Crippen LogP contribution in [0.4, 0.5) is 22.0 Å². The van der Waals surface area contributed by atoms with E-state index in [1.165, 1.54) is 0 Å². The molecule has 0 amide bonds. The van der Waals surface area contributed by atoms with E-state index >= 15 is 0 Å². The van der Waals surface area contributed by atoms with Crippen LogP contribution in [-0.2, 0) is 0 Å². The van der Waals surface area contributed by atoms with Gasteiger partial charge in [-0.25, -0.2) is 13.6 Å². The maximum Gasteiger partial charge on any atom is 0.573 e. The normalized spacial score (nSPS) is 11.7. The van der Waals surface area contributed by atoms with E-state index in [-0.39, 0.29) is 5.69 Å².